The van der Waals surface area contributed by atoms with Crippen molar-refractivity contribution in [3.63, 3.8) is 0 Å². The zero-order valence-corrected chi connectivity index (χ0v) is 13.7. The second-order valence-corrected chi connectivity index (χ2v) is 5.59. The predicted octanol–water partition coefficient (Wildman–Crippen LogP) is 3.70. The highest BCUT2D eigenvalue weighted by atomic mass is 79.9. The zero-order chi connectivity index (χ0) is 16.4. The summed E-state index contributed by atoms with van der Waals surface area (Å²) in [5, 5.41) is 12.7. The standard InChI is InChI=1S/C16H11BrFN3O2/c1-22-11-4-2-10(3-5-11)9-23-12-6-14(17)15-13(7-19)16(18)20-21(15)8-12/h2-6,8H,9H2,1H3. The van der Waals surface area contributed by atoms with E-state index in [2.05, 4.69) is 21.0 Å². The van der Waals surface area contributed by atoms with Crippen molar-refractivity contribution < 1.29 is 13.9 Å². The van der Waals surface area contributed by atoms with Crippen molar-refractivity contribution in [3.8, 4) is 17.6 Å². The van der Waals surface area contributed by atoms with Crippen LogP contribution >= 0.6 is 15.9 Å². The molecule has 0 aliphatic heterocycles. The predicted molar refractivity (Wildman–Crippen MR) is 84.9 cm³/mol. The average Bonchev–Trinajstić information content (AvgIpc) is 2.89. The first-order chi connectivity index (χ1) is 11.1. The molecule has 0 amide bonds. The molecule has 23 heavy (non-hydrogen) atoms. The van der Waals surface area contributed by atoms with Crippen molar-refractivity contribution in [2.24, 2.45) is 0 Å². The van der Waals surface area contributed by atoms with Gasteiger partial charge in [0, 0.05) is 4.47 Å². The Bertz CT molecular complexity index is 900. The third-order valence-electron chi connectivity index (χ3n) is 3.29. The van der Waals surface area contributed by atoms with E-state index in [0.29, 0.717) is 22.3 Å². The molecule has 0 spiro atoms. The molecule has 2 aromatic heterocycles. The van der Waals surface area contributed by atoms with Gasteiger partial charge in [0.2, 0.25) is 0 Å². The second kappa shape index (κ2) is 6.26. The minimum Gasteiger partial charge on any atom is -0.497 e. The van der Waals surface area contributed by atoms with Crippen LogP contribution in [0.25, 0.3) is 5.52 Å². The van der Waals surface area contributed by atoms with Crippen LogP contribution in [0.4, 0.5) is 4.39 Å². The number of halogens is 2. The minimum absolute atomic E-state index is 0.0985. The van der Waals surface area contributed by atoms with Crippen LogP contribution in [0.2, 0.25) is 0 Å². The molecule has 2 heterocycles. The van der Waals surface area contributed by atoms with Crippen molar-refractivity contribution >= 4 is 21.4 Å². The van der Waals surface area contributed by atoms with Gasteiger partial charge in [0.15, 0.2) is 0 Å². The highest BCUT2D eigenvalue weighted by molar-refractivity contribution is 9.10. The van der Waals surface area contributed by atoms with E-state index in [4.69, 9.17) is 14.7 Å². The number of methoxy groups -OCH3 is 1. The molecule has 0 saturated carbocycles. The van der Waals surface area contributed by atoms with Crippen LogP contribution in [0.5, 0.6) is 11.5 Å². The summed E-state index contributed by atoms with van der Waals surface area (Å²) < 4.78 is 26.2. The summed E-state index contributed by atoms with van der Waals surface area (Å²) in [5.41, 5.74) is 1.24. The number of ether oxygens (including phenoxy) is 2. The van der Waals surface area contributed by atoms with Crippen LogP contribution in [0.1, 0.15) is 11.1 Å². The van der Waals surface area contributed by atoms with E-state index < -0.39 is 5.95 Å². The van der Waals surface area contributed by atoms with Crippen molar-refractivity contribution in [1.29, 1.82) is 5.26 Å². The Morgan fingerprint density at radius 1 is 1.30 bits per heavy atom. The normalized spacial score (nSPS) is 10.5. The van der Waals surface area contributed by atoms with Gasteiger partial charge in [-0.05, 0) is 39.7 Å². The fourth-order valence-corrected chi connectivity index (χ4v) is 2.75. The first-order valence-electron chi connectivity index (χ1n) is 6.65. The molecule has 5 nitrogen and oxygen atoms in total. The smallest absolute Gasteiger partial charge is 0.251 e. The third kappa shape index (κ3) is 2.98. The van der Waals surface area contributed by atoms with Crippen molar-refractivity contribution in [2.75, 3.05) is 7.11 Å². The molecule has 1 aromatic carbocycles. The van der Waals surface area contributed by atoms with E-state index in [9.17, 15) is 4.39 Å². The quantitative estimate of drug-likeness (QED) is 0.697. The minimum atomic E-state index is -0.805. The van der Waals surface area contributed by atoms with E-state index in [1.54, 1.807) is 19.2 Å². The Morgan fingerprint density at radius 2 is 2.04 bits per heavy atom. The van der Waals surface area contributed by atoms with Crippen LogP contribution in [-0.4, -0.2) is 16.7 Å². The lowest BCUT2D eigenvalue weighted by Crippen LogP contribution is -1.98. The van der Waals surface area contributed by atoms with E-state index in [0.717, 1.165) is 11.3 Å². The number of nitriles is 1. The number of pyridine rings is 1. The molecule has 3 aromatic rings. The molecule has 3 rings (SSSR count). The molecule has 0 aliphatic rings. The molecular formula is C16H11BrFN3O2. The molecule has 0 unspecified atom stereocenters. The Kier molecular flexibility index (Phi) is 4.17. The van der Waals surface area contributed by atoms with E-state index in [-0.39, 0.29) is 5.56 Å². The van der Waals surface area contributed by atoms with Crippen LogP contribution in [0.3, 0.4) is 0 Å². The summed E-state index contributed by atoms with van der Waals surface area (Å²) in [7, 11) is 1.61. The molecule has 0 atom stereocenters. The second-order valence-electron chi connectivity index (χ2n) is 4.73. The summed E-state index contributed by atoms with van der Waals surface area (Å²) in [6, 6.07) is 11.0. The van der Waals surface area contributed by atoms with E-state index in [1.807, 2.05) is 24.3 Å². The van der Waals surface area contributed by atoms with Crippen molar-refractivity contribution in [1.82, 2.24) is 9.61 Å². The highest BCUT2D eigenvalue weighted by Gasteiger charge is 2.16. The first kappa shape index (κ1) is 15.3. The van der Waals surface area contributed by atoms with Crippen LogP contribution in [0, 0.1) is 17.3 Å². The topological polar surface area (TPSA) is 59.5 Å². The largest absolute Gasteiger partial charge is 0.497 e. The summed E-state index contributed by atoms with van der Waals surface area (Å²) >= 11 is 3.32. The van der Waals surface area contributed by atoms with Gasteiger partial charge in [-0.15, -0.1) is 5.10 Å². The fourth-order valence-electron chi connectivity index (χ4n) is 2.15. The fraction of sp³-hybridized carbons (Fsp3) is 0.125. The van der Waals surface area contributed by atoms with Gasteiger partial charge in [-0.3, -0.25) is 0 Å². The van der Waals surface area contributed by atoms with E-state index in [1.165, 1.54) is 10.7 Å². The summed E-state index contributed by atoms with van der Waals surface area (Å²) in [5.74, 6) is 0.474. The van der Waals surface area contributed by atoms with Gasteiger partial charge in [0.1, 0.15) is 35.3 Å². The molecule has 0 N–H and O–H groups in total. The van der Waals surface area contributed by atoms with Gasteiger partial charge in [0.25, 0.3) is 5.95 Å². The summed E-state index contributed by atoms with van der Waals surface area (Å²) in [6.07, 6.45) is 1.54. The first-order valence-corrected chi connectivity index (χ1v) is 7.45. The maximum Gasteiger partial charge on any atom is 0.251 e. The Morgan fingerprint density at radius 3 is 2.70 bits per heavy atom. The lowest BCUT2D eigenvalue weighted by molar-refractivity contribution is 0.303. The Balaban J connectivity index is 1.84. The highest BCUT2D eigenvalue weighted by Crippen LogP contribution is 2.28. The summed E-state index contributed by atoms with van der Waals surface area (Å²) in [4.78, 5) is 0. The van der Waals surface area contributed by atoms with Gasteiger partial charge in [-0.25, -0.2) is 4.52 Å². The van der Waals surface area contributed by atoms with Crippen LogP contribution in [-0.2, 0) is 6.61 Å². The maximum absolute atomic E-state index is 13.6. The summed E-state index contributed by atoms with van der Waals surface area (Å²) in [6.45, 7) is 0.344. The Labute approximate surface area is 140 Å². The molecule has 116 valence electrons. The average molecular weight is 376 g/mol. The van der Waals surface area contributed by atoms with Crippen LogP contribution in [0.15, 0.2) is 41.0 Å². The number of nitrogens with zero attached hydrogens (tertiary/aromatic N) is 3. The molecule has 0 bridgehead atoms. The molecule has 7 heteroatoms. The lowest BCUT2D eigenvalue weighted by atomic mass is 10.2. The molecule has 0 fully saturated rings. The van der Waals surface area contributed by atoms with Gasteiger partial charge >= 0.3 is 0 Å². The number of hydrogen-bond acceptors (Lipinski definition) is 4. The monoisotopic (exact) mass is 375 g/mol. The van der Waals surface area contributed by atoms with Gasteiger partial charge < -0.3 is 9.47 Å². The lowest BCUT2D eigenvalue weighted by Gasteiger charge is -2.08. The Hall–Kier alpha value is -2.59. The maximum atomic E-state index is 13.6. The van der Waals surface area contributed by atoms with E-state index >= 15 is 0 Å². The number of benzene rings is 1. The zero-order valence-electron chi connectivity index (χ0n) is 12.1. The third-order valence-corrected chi connectivity index (χ3v) is 3.89. The van der Waals surface area contributed by atoms with Crippen molar-refractivity contribution in [3.05, 3.63) is 58.1 Å². The molecule has 0 aliphatic carbocycles. The number of aromatic nitrogens is 2. The molecular weight excluding hydrogens is 365 g/mol. The van der Waals surface area contributed by atoms with Gasteiger partial charge in [0.05, 0.1) is 13.3 Å². The molecule has 0 radical (unpaired) electrons. The SMILES string of the molecule is COc1ccc(COc2cc(Br)c3c(C#N)c(F)nn3c2)cc1. The number of fused-ring (bicyclic) bond motifs is 1. The number of rotatable bonds is 4. The number of hydrogen-bond donors (Lipinski definition) is 0. The van der Waals surface area contributed by atoms with Gasteiger partial charge in [-0.1, -0.05) is 12.1 Å². The van der Waals surface area contributed by atoms with Gasteiger partial charge in [-0.2, -0.15) is 9.65 Å². The molecule has 0 saturated heterocycles. The van der Waals surface area contributed by atoms with Crippen LogP contribution < -0.4 is 9.47 Å². The van der Waals surface area contributed by atoms with Crippen molar-refractivity contribution in [2.45, 2.75) is 6.61 Å².